The normalized spacial score (nSPS) is 21.0. The van der Waals surface area contributed by atoms with Crippen molar-refractivity contribution in [2.24, 2.45) is 10.7 Å². The first-order chi connectivity index (χ1) is 16.5. The molecular weight excluding hydrogens is 424 g/mol. The van der Waals surface area contributed by atoms with Gasteiger partial charge in [-0.1, -0.05) is 42.5 Å². The number of aryl methyl sites for hydroxylation is 2. The zero-order chi connectivity index (χ0) is 23.7. The van der Waals surface area contributed by atoms with Crippen LogP contribution in [0.5, 0.6) is 5.75 Å². The lowest BCUT2D eigenvalue weighted by atomic mass is 9.88. The largest absolute Gasteiger partial charge is 0.490 e. The smallest absolute Gasteiger partial charge is 0.221 e. The van der Waals surface area contributed by atoms with Gasteiger partial charge in [-0.05, 0) is 72.7 Å². The van der Waals surface area contributed by atoms with Gasteiger partial charge < -0.3 is 10.5 Å². The molecule has 0 fully saturated rings. The minimum Gasteiger partial charge on any atom is -0.490 e. The molecule has 34 heavy (non-hydrogen) atoms. The molecule has 0 amide bonds. The first-order valence-electron chi connectivity index (χ1n) is 11.6. The standard InChI is InChI=1S/C28H28N4O2/c1-19-7-3-4-9-21(19)10-6-12-24-17-28(31-27(30)32(2)34-28)25-16-23(13-14-26(25)33-24)22-11-5-8-20(15-22)18-29/h3-5,7-9,11,13-16,24H,6,10,12,17H2,1-2H3,(H2,30,31)/t24-,28?/m1/s1. The molecule has 6 heteroatoms. The minimum absolute atomic E-state index is 0.0349. The van der Waals surface area contributed by atoms with Gasteiger partial charge >= 0.3 is 0 Å². The minimum atomic E-state index is -0.914. The van der Waals surface area contributed by atoms with E-state index in [0.29, 0.717) is 17.9 Å². The Morgan fingerprint density at radius 3 is 2.71 bits per heavy atom. The molecule has 0 aromatic heterocycles. The fraction of sp³-hybridized carbons (Fsp3) is 0.286. The second-order valence-electron chi connectivity index (χ2n) is 9.01. The van der Waals surface area contributed by atoms with E-state index >= 15 is 0 Å². The van der Waals surface area contributed by atoms with Crippen LogP contribution in [0.25, 0.3) is 11.1 Å². The van der Waals surface area contributed by atoms with E-state index in [2.05, 4.69) is 37.3 Å². The van der Waals surface area contributed by atoms with Crippen molar-refractivity contribution in [1.82, 2.24) is 5.06 Å². The number of nitriles is 1. The van der Waals surface area contributed by atoms with Gasteiger partial charge in [0.25, 0.3) is 0 Å². The molecule has 1 unspecified atom stereocenters. The summed E-state index contributed by atoms with van der Waals surface area (Å²) in [6.45, 7) is 2.15. The molecular formula is C28H28N4O2. The lowest BCUT2D eigenvalue weighted by Gasteiger charge is -2.37. The first-order valence-corrected chi connectivity index (χ1v) is 11.6. The Morgan fingerprint density at radius 2 is 1.94 bits per heavy atom. The molecule has 2 atom stereocenters. The van der Waals surface area contributed by atoms with Gasteiger partial charge in [-0.2, -0.15) is 5.26 Å². The topological polar surface area (TPSA) is 83.9 Å². The maximum Gasteiger partial charge on any atom is 0.221 e. The number of hydrogen-bond donors (Lipinski definition) is 1. The third-order valence-corrected chi connectivity index (χ3v) is 6.66. The number of aliphatic imine (C=N–C) groups is 1. The van der Waals surface area contributed by atoms with Crippen molar-refractivity contribution < 1.29 is 9.57 Å². The summed E-state index contributed by atoms with van der Waals surface area (Å²) in [4.78, 5) is 11.0. The molecule has 3 aromatic carbocycles. The number of nitrogens with two attached hydrogens (primary N) is 1. The van der Waals surface area contributed by atoms with Gasteiger partial charge in [-0.3, -0.25) is 0 Å². The summed E-state index contributed by atoms with van der Waals surface area (Å²) < 4.78 is 6.43. The molecule has 0 saturated carbocycles. The fourth-order valence-electron chi connectivity index (χ4n) is 4.84. The predicted molar refractivity (Wildman–Crippen MR) is 132 cm³/mol. The van der Waals surface area contributed by atoms with Gasteiger partial charge in [0.2, 0.25) is 11.7 Å². The lowest BCUT2D eigenvalue weighted by Crippen LogP contribution is -2.39. The summed E-state index contributed by atoms with van der Waals surface area (Å²) in [5.74, 6) is 1.11. The quantitative estimate of drug-likeness (QED) is 0.585. The number of ether oxygens (including phenoxy) is 1. The molecule has 0 aliphatic carbocycles. The second kappa shape index (κ2) is 8.85. The van der Waals surface area contributed by atoms with Gasteiger partial charge in [0.15, 0.2) is 0 Å². The lowest BCUT2D eigenvalue weighted by molar-refractivity contribution is -0.191. The Kier molecular flexibility index (Phi) is 5.72. The Hall–Kier alpha value is -3.82. The predicted octanol–water partition coefficient (Wildman–Crippen LogP) is 5.05. The fourth-order valence-corrected chi connectivity index (χ4v) is 4.84. The summed E-state index contributed by atoms with van der Waals surface area (Å²) in [7, 11) is 1.77. The maximum atomic E-state index is 9.29. The van der Waals surface area contributed by atoms with Crippen LogP contribution in [0.2, 0.25) is 0 Å². The highest BCUT2D eigenvalue weighted by atomic mass is 16.7. The van der Waals surface area contributed by atoms with Crippen LogP contribution in [0.3, 0.4) is 0 Å². The molecule has 0 saturated heterocycles. The molecule has 2 aliphatic rings. The van der Waals surface area contributed by atoms with Crippen molar-refractivity contribution >= 4 is 5.96 Å². The monoisotopic (exact) mass is 452 g/mol. The molecule has 2 N–H and O–H groups in total. The van der Waals surface area contributed by atoms with Crippen LogP contribution in [0.1, 0.15) is 41.5 Å². The number of benzene rings is 3. The number of fused-ring (bicyclic) bond motifs is 2. The Bertz CT molecular complexity index is 1300. The maximum absolute atomic E-state index is 9.29. The van der Waals surface area contributed by atoms with Gasteiger partial charge in [0.1, 0.15) is 11.9 Å². The van der Waals surface area contributed by atoms with Crippen LogP contribution < -0.4 is 10.5 Å². The van der Waals surface area contributed by atoms with Crippen LogP contribution in [0, 0.1) is 18.3 Å². The van der Waals surface area contributed by atoms with E-state index in [1.165, 1.54) is 16.2 Å². The molecule has 6 nitrogen and oxygen atoms in total. The molecule has 3 aromatic rings. The summed E-state index contributed by atoms with van der Waals surface area (Å²) in [5, 5.41) is 10.8. The van der Waals surface area contributed by atoms with E-state index in [4.69, 9.17) is 20.3 Å². The van der Waals surface area contributed by atoms with Crippen molar-refractivity contribution in [3.05, 3.63) is 89.0 Å². The third-order valence-electron chi connectivity index (χ3n) is 6.66. The molecule has 0 bridgehead atoms. The summed E-state index contributed by atoms with van der Waals surface area (Å²) in [6, 6.07) is 24.3. The van der Waals surface area contributed by atoms with E-state index in [1.807, 2.05) is 36.4 Å². The zero-order valence-electron chi connectivity index (χ0n) is 19.5. The number of guanidine groups is 1. The van der Waals surface area contributed by atoms with Gasteiger partial charge in [-0.15, -0.1) is 0 Å². The SMILES string of the molecule is Cc1ccccc1CCC[C@@H]1CC2(N=C(N)N(C)O2)c2cc(-c3cccc(C#N)c3)ccc2O1. The van der Waals surface area contributed by atoms with Crippen molar-refractivity contribution in [2.45, 2.75) is 44.4 Å². The van der Waals surface area contributed by atoms with Crippen molar-refractivity contribution in [2.75, 3.05) is 7.05 Å². The molecule has 2 heterocycles. The van der Waals surface area contributed by atoms with Crippen LogP contribution >= 0.6 is 0 Å². The van der Waals surface area contributed by atoms with Crippen molar-refractivity contribution in [3.8, 4) is 22.9 Å². The van der Waals surface area contributed by atoms with Crippen LogP contribution in [-0.4, -0.2) is 24.2 Å². The van der Waals surface area contributed by atoms with Crippen LogP contribution in [0.4, 0.5) is 0 Å². The molecule has 2 aliphatic heterocycles. The molecule has 5 rings (SSSR count). The van der Waals surface area contributed by atoms with E-state index in [1.54, 1.807) is 13.1 Å². The van der Waals surface area contributed by atoms with Gasteiger partial charge in [0.05, 0.1) is 17.2 Å². The zero-order valence-corrected chi connectivity index (χ0v) is 19.5. The van der Waals surface area contributed by atoms with Crippen molar-refractivity contribution in [3.63, 3.8) is 0 Å². The van der Waals surface area contributed by atoms with E-state index < -0.39 is 5.72 Å². The second-order valence-corrected chi connectivity index (χ2v) is 9.01. The highest BCUT2D eigenvalue weighted by Gasteiger charge is 2.48. The number of hydroxylamine groups is 2. The number of hydrogen-bond acceptors (Lipinski definition) is 6. The van der Waals surface area contributed by atoms with E-state index in [9.17, 15) is 5.26 Å². The van der Waals surface area contributed by atoms with Crippen molar-refractivity contribution in [1.29, 1.82) is 5.26 Å². The Labute approximate surface area is 200 Å². The summed E-state index contributed by atoms with van der Waals surface area (Å²) in [6.07, 6.45) is 3.46. The number of nitrogens with zero attached hydrogens (tertiary/aromatic N) is 3. The van der Waals surface area contributed by atoms with Crippen LogP contribution in [0.15, 0.2) is 71.7 Å². The molecule has 1 spiro atoms. The Balaban J connectivity index is 1.43. The molecule has 172 valence electrons. The number of rotatable bonds is 5. The van der Waals surface area contributed by atoms with E-state index in [-0.39, 0.29) is 6.10 Å². The summed E-state index contributed by atoms with van der Waals surface area (Å²) in [5.41, 5.74) is 11.3. The highest BCUT2D eigenvalue weighted by Crippen LogP contribution is 2.47. The molecule has 0 radical (unpaired) electrons. The average Bonchev–Trinajstić information content (AvgIpc) is 3.13. The summed E-state index contributed by atoms with van der Waals surface area (Å²) >= 11 is 0. The first kappa shape index (κ1) is 22.0. The van der Waals surface area contributed by atoms with E-state index in [0.717, 1.165) is 41.7 Å². The van der Waals surface area contributed by atoms with Gasteiger partial charge in [0, 0.05) is 13.5 Å². The Morgan fingerprint density at radius 1 is 1.12 bits per heavy atom. The van der Waals surface area contributed by atoms with Crippen LogP contribution in [-0.2, 0) is 17.0 Å². The average molecular weight is 453 g/mol. The van der Waals surface area contributed by atoms with Gasteiger partial charge in [-0.25, -0.2) is 14.9 Å². The highest BCUT2D eigenvalue weighted by molar-refractivity contribution is 5.79. The third kappa shape index (κ3) is 4.11.